The summed E-state index contributed by atoms with van der Waals surface area (Å²) in [6.45, 7) is 1.31. The van der Waals surface area contributed by atoms with Crippen LogP contribution in [0.1, 0.15) is 18.5 Å². The van der Waals surface area contributed by atoms with Gasteiger partial charge >= 0.3 is 0 Å². The molecule has 0 radical (unpaired) electrons. The molecule has 0 aliphatic carbocycles. The number of aromatic nitrogens is 2. The minimum Gasteiger partial charge on any atom is -0.488 e. The average Bonchev–Trinajstić information content (AvgIpc) is 2.62. The van der Waals surface area contributed by atoms with Crippen molar-refractivity contribution in [2.24, 2.45) is 0 Å². The highest BCUT2D eigenvalue weighted by Crippen LogP contribution is 2.20. The lowest BCUT2D eigenvalue weighted by Crippen LogP contribution is -2.35. The average molecular weight is 416 g/mol. The molecule has 1 aliphatic rings. The van der Waals surface area contributed by atoms with E-state index in [0.717, 1.165) is 36.9 Å². The number of piperidine rings is 1. The minimum atomic E-state index is -3.32. The molecule has 3 rings (SSSR count). The van der Waals surface area contributed by atoms with Crippen molar-refractivity contribution in [2.45, 2.75) is 30.4 Å². The zero-order chi connectivity index (χ0) is 18.7. The number of benzene rings is 1. The van der Waals surface area contributed by atoms with Crippen molar-refractivity contribution in [2.75, 3.05) is 19.3 Å². The Kier molecular flexibility index (Phi) is 6.99. The Hall–Kier alpha value is -1.94. The Morgan fingerprint density at radius 3 is 2.44 bits per heavy atom. The lowest BCUT2D eigenvalue weighted by molar-refractivity contribution is 0.154. The Morgan fingerprint density at radius 2 is 1.89 bits per heavy atom. The van der Waals surface area contributed by atoms with Gasteiger partial charge in [0.2, 0.25) is 0 Å². The number of nitrogens with zero attached hydrogens (tertiary/aromatic N) is 2. The van der Waals surface area contributed by atoms with E-state index in [1.807, 2.05) is 0 Å². The molecule has 2 aromatic rings. The van der Waals surface area contributed by atoms with Gasteiger partial charge in [-0.25, -0.2) is 8.42 Å². The van der Waals surface area contributed by atoms with E-state index in [9.17, 15) is 18.3 Å². The van der Waals surface area contributed by atoms with Gasteiger partial charge in [0.05, 0.1) is 17.2 Å². The molecule has 2 N–H and O–H groups in total. The molecule has 10 heteroatoms. The van der Waals surface area contributed by atoms with E-state index >= 15 is 0 Å². The molecule has 0 saturated carbocycles. The smallest absolute Gasteiger partial charge is 0.275 e. The van der Waals surface area contributed by atoms with Crippen LogP contribution >= 0.6 is 12.4 Å². The lowest BCUT2D eigenvalue weighted by atomic mass is 10.1. The van der Waals surface area contributed by atoms with E-state index in [1.54, 1.807) is 0 Å². The van der Waals surface area contributed by atoms with Gasteiger partial charge in [0, 0.05) is 12.3 Å². The molecule has 1 fully saturated rings. The molecule has 0 bridgehead atoms. The molecule has 2 heterocycles. The summed E-state index contributed by atoms with van der Waals surface area (Å²) >= 11 is 0. The van der Waals surface area contributed by atoms with Crippen molar-refractivity contribution >= 4 is 22.2 Å². The number of aliphatic hydroxyl groups excluding tert-OH is 1. The van der Waals surface area contributed by atoms with Gasteiger partial charge < -0.3 is 15.2 Å². The summed E-state index contributed by atoms with van der Waals surface area (Å²) in [7, 11) is -3.32. The third kappa shape index (κ3) is 5.07. The number of ether oxygens (including phenoxy) is 1. The van der Waals surface area contributed by atoms with Crippen molar-refractivity contribution in [3.8, 4) is 11.4 Å². The predicted molar refractivity (Wildman–Crippen MR) is 103 cm³/mol. The third-order valence-corrected chi connectivity index (χ3v) is 5.34. The van der Waals surface area contributed by atoms with Gasteiger partial charge in [0.15, 0.2) is 15.6 Å². The molecule has 1 saturated heterocycles. The summed E-state index contributed by atoms with van der Waals surface area (Å²) < 4.78 is 30.1. The monoisotopic (exact) mass is 415 g/mol. The summed E-state index contributed by atoms with van der Waals surface area (Å²) in [5.74, 6) is 0.286. The highest BCUT2D eigenvalue weighted by atomic mass is 35.5. The molecule has 27 heavy (non-hydrogen) atoms. The summed E-state index contributed by atoms with van der Waals surface area (Å²) in [4.78, 5) is 12.6. The molecule has 0 atom stereocenters. The molecule has 0 spiro atoms. The number of nitrogens with one attached hydrogen (secondary N) is 1. The second-order valence-corrected chi connectivity index (χ2v) is 8.21. The van der Waals surface area contributed by atoms with Crippen LogP contribution in [0.4, 0.5) is 0 Å². The number of aliphatic hydroxyl groups is 1. The topological polar surface area (TPSA) is 111 Å². The number of sulfone groups is 1. The van der Waals surface area contributed by atoms with Crippen molar-refractivity contribution in [1.29, 1.82) is 0 Å². The zero-order valence-corrected chi connectivity index (χ0v) is 16.4. The van der Waals surface area contributed by atoms with Crippen LogP contribution in [0.2, 0.25) is 0 Å². The number of hydrogen-bond acceptors (Lipinski definition) is 7. The summed E-state index contributed by atoms with van der Waals surface area (Å²) in [6, 6.07) is 7.14. The highest BCUT2D eigenvalue weighted by Gasteiger charge is 2.18. The van der Waals surface area contributed by atoms with Crippen LogP contribution < -0.4 is 15.6 Å². The summed E-state index contributed by atoms with van der Waals surface area (Å²) in [6.07, 6.45) is 2.73. The first-order valence-electron chi connectivity index (χ1n) is 8.30. The molecule has 1 aromatic heterocycles. The van der Waals surface area contributed by atoms with Gasteiger partial charge in [-0.1, -0.05) is 0 Å². The van der Waals surface area contributed by atoms with E-state index < -0.39 is 15.4 Å². The zero-order valence-electron chi connectivity index (χ0n) is 14.8. The highest BCUT2D eigenvalue weighted by molar-refractivity contribution is 7.90. The van der Waals surface area contributed by atoms with Crippen LogP contribution in [-0.2, 0) is 16.4 Å². The second kappa shape index (κ2) is 8.83. The van der Waals surface area contributed by atoms with Crippen molar-refractivity contribution in [3.63, 3.8) is 0 Å². The summed E-state index contributed by atoms with van der Waals surface area (Å²) in [5.41, 5.74) is 0.249. The van der Waals surface area contributed by atoms with Gasteiger partial charge in [0.1, 0.15) is 11.8 Å². The van der Waals surface area contributed by atoms with Gasteiger partial charge in [-0.05, 0) is 50.2 Å². The molecule has 1 aromatic carbocycles. The van der Waals surface area contributed by atoms with Gasteiger partial charge in [0.25, 0.3) is 5.56 Å². The lowest BCUT2D eigenvalue weighted by Gasteiger charge is -2.24. The van der Waals surface area contributed by atoms with Crippen LogP contribution in [0.3, 0.4) is 0 Å². The van der Waals surface area contributed by atoms with E-state index in [1.165, 1.54) is 30.3 Å². The van der Waals surface area contributed by atoms with Crippen molar-refractivity contribution < 1.29 is 18.3 Å². The fourth-order valence-electron chi connectivity index (χ4n) is 2.80. The molecule has 0 unspecified atom stereocenters. The second-order valence-electron chi connectivity index (χ2n) is 6.20. The normalized spacial score (nSPS) is 15.2. The number of rotatable bonds is 5. The molecule has 1 aliphatic heterocycles. The fraction of sp³-hybridized carbons (Fsp3) is 0.412. The minimum absolute atomic E-state index is 0. The maximum atomic E-state index is 12.4. The number of hydrogen-bond donors (Lipinski definition) is 2. The van der Waals surface area contributed by atoms with E-state index in [-0.39, 0.29) is 41.5 Å². The van der Waals surface area contributed by atoms with Crippen LogP contribution in [-0.4, -0.2) is 48.8 Å². The largest absolute Gasteiger partial charge is 0.488 e. The Labute approximate surface area is 163 Å². The van der Waals surface area contributed by atoms with Crippen LogP contribution in [0, 0.1) is 0 Å². The van der Waals surface area contributed by atoms with E-state index in [2.05, 4.69) is 10.4 Å². The van der Waals surface area contributed by atoms with E-state index in [4.69, 9.17) is 4.74 Å². The van der Waals surface area contributed by atoms with Gasteiger partial charge in [-0.15, -0.1) is 12.4 Å². The Morgan fingerprint density at radius 1 is 1.26 bits per heavy atom. The van der Waals surface area contributed by atoms with Crippen molar-refractivity contribution in [1.82, 2.24) is 15.1 Å². The molecule has 0 amide bonds. The summed E-state index contributed by atoms with van der Waals surface area (Å²) in [5, 5.41) is 17.0. The molecular formula is C17H22ClN3O5S. The SMILES string of the molecule is CS(=O)(=O)c1ccc(-n2nc(CO)c(OC3CCNCC3)cc2=O)cc1.Cl. The van der Waals surface area contributed by atoms with Crippen molar-refractivity contribution in [3.05, 3.63) is 46.4 Å². The maximum absolute atomic E-state index is 12.4. The standard InChI is InChI=1S/C17H21N3O5S.ClH/c1-26(23,24)14-4-2-12(3-5-14)20-17(22)10-16(15(11-21)19-20)25-13-6-8-18-9-7-13;/h2-5,10,13,18,21H,6-9,11H2,1H3;1H. The first kappa shape index (κ1) is 21.4. The quantitative estimate of drug-likeness (QED) is 0.738. The number of halogens is 1. The third-order valence-electron chi connectivity index (χ3n) is 4.21. The van der Waals surface area contributed by atoms with Crippen LogP contribution in [0.5, 0.6) is 5.75 Å². The maximum Gasteiger partial charge on any atom is 0.275 e. The first-order chi connectivity index (χ1) is 12.4. The predicted octanol–water partition coefficient (Wildman–Crippen LogP) is 0.681. The molecule has 148 valence electrons. The van der Waals surface area contributed by atoms with Crippen LogP contribution in [0.25, 0.3) is 5.69 Å². The molecular weight excluding hydrogens is 394 g/mol. The Bertz CT molecular complexity index is 938. The van der Waals surface area contributed by atoms with Crippen LogP contribution in [0.15, 0.2) is 40.0 Å². The Balaban J connectivity index is 0.00000261. The van der Waals surface area contributed by atoms with Gasteiger partial charge in [-0.2, -0.15) is 9.78 Å². The first-order valence-corrected chi connectivity index (χ1v) is 10.2. The fourth-order valence-corrected chi connectivity index (χ4v) is 3.43. The van der Waals surface area contributed by atoms with Gasteiger partial charge in [-0.3, -0.25) is 4.79 Å². The van der Waals surface area contributed by atoms with E-state index in [0.29, 0.717) is 5.69 Å². The molecule has 8 nitrogen and oxygen atoms in total.